The maximum Gasteiger partial charge on any atom is 0.321 e. The molecule has 27 heavy (non-hydrogen) atoms. The zero-order chi connectivity index (χ0) is 19.4. The maximum absolute atomic E-state index is 12.6. The highest BCUT2D eigenvalue weighted by Gasteiger charge is 2.27. The molecule has 0 unspecified atom stereocenters. The summed E-state index contributed by atoms with van der Waals surface area (Å²) in [5, 5.41) is 19.8. The van der Waals surface area contributed by atoms with E-state index in [1.165, 1.54) is 5.56 Å². The number of hydrogen-bond donors (Lipinski definition) is 1. The van der Waals surface area contributed by atoms with Gasteiger partial charge in [-0.1, -0.05) is 26.0 Å². The summed E-state index contributed by atoms with van der Waals surface area (Å²) in [6.07, 6.45) is 0. The van der Waals surface area contributed by atoms with Crippen molar-refractivity contribution in [3.8, 4) is 6.07 Å². The van der Waals surface area contributed by atoms with Crippen molar-refractivity contribution in [2.75, 3.05) is 29.9 Å². The first-order valence-corrected chi connectivity index (χ1v) is 9.14. The SMILES string of the molecule is CC(C)c1ccc(NC(=O)N2CCN(c3ccc(C#N)nn3)[C@@H](C)C2)cc1. The summed E-state index contributed by atoms with van der Waals surface area (Å²) >= 11 is 0. The number of benzene rings is 1. The van der Waals surface area contributed by atoms with Crippen LogP contribution in [0.15, 0.2) is 36.4 Å². The van der Waals surface area contributed by atoms with Crippen LogP contribution in [0.5, 0.6) is 0 Å². The molecule has 1 N–H and O–H groups in total. The molecule has 2 heterocycles. The van der Waals surface area contributed by atoms with Crippen molar-refractivity contribution in [2.45, 2.75) is 32.7 Å². The predicted octanol–water partition coefficient (Wildman–Crippen LogP) is 3.21. The van der Waals surface area contributed by atoms with Crippen LogP contribution in [0.1, 0.15) is 37.9 Å². The van der Waals surface area contributed by atoms with Crippen molar-refractivity contribution < 1.29 is 4.79 Å². The number of nitriles is 1. The van der Waals surface area contributed by atoms with E-state index in [1.807, 2.05) is 35.2 Å². The molecule has 0 saturated carbocycles. The Labute approximate surface area is 159 Å². The molecule has 0 bridgehead atoms. The van der Waals surface area contributed by atoms with E-state index in [0.717, 1.165) is 11.5 Å². The minimum atomic E-state index is -0.0929. The molecule has 0 spiro atoms. The minimum Gasteiger partial charge on any atom is -0.349 e. The Morgan fingerprint density at radius 3 is 2.48 bits per heavy atom. The second-order valence-electron chi connectivity index (χ2n) is 7.08. The molecule has 2 amide bonds. The first-order valence-electron chi connectivity index (χ1n) is 9.14. The monoisotopic (exact) mass is 364 g/mol. The highest BCUT2D eigenvalue weighted by atomic mass is 16.2. The fourth-order valence-electron chi connectivity index (χ4n) is 3.17. The predicted molar refractivity (Wildman–Crippen MR) is 105 cm³/mol. The summed E-state index contributed by atoms with van der Waals surface area (Å²) in [5.74, 6) is 1.19. The molecule has 1 aromatic carbocycles. The number of urea groups is 1. The maximum atomic E-state index is 12.6. The van der Waals surface area contributed by atoms with Crippen LogP contribution in [0.3, 0.4) is 0 Å². The lowest BCUT2D eigenvalue weighted by Crippen LogP contribution is -2.55. The van der Waals surface area contributed by atoms with Gasteiger partial charge in [0.1, 0.15) is 6.07 Å². The largest absolute Gasteiger partial charge is 0.349 e. The molecule has 1 fully saturated rings. The molecular weight excluding hydrogens is 340 g/mol. The van der Waals surface area contributed by atoms with Gasteiger partial charge in [0.05, 0.1) is 0 Å². The van der Waals surface area contributed by atoms with E-state index < -0.39 is 0 Å². The Kier molecular flexibility index (Phi) is 5.55. The Balaban J connectivity index is 1.59. The van der Waals surface area contributed by atoms with Gasteiger partial charge in [-0.3, -0.25) is 0 Å². The highest BCUT2D eigenvalue weighted by molar-refractivity contribution is 5.89. The smallest absolute Gasteiger partial charge is 0.321 e. The van der Waals surface area contributed by atoms with Crippen LogP contribution in [0, 0.1) is 11.3 Å². The van der Waals surface area contributed by atoms with Crippen LogP contribution in [-0.4, -0.2) is 46.8 Å². The number of rotatable bonds is 3. The van der Waals surface area contributed by atoms with Gasteiger partial charge in [-0.2, -0.15) is 5.26 Å². The summed E-state index contributed by atoms with van der Waals surface area (Å²) in [5.41, 5.74) is 2.35. The second-order valence-corrected chi connectivity index (χ2v) is 7.08. The number of carbonyl (C=O) groups is 1. The summed E-state index contributed by atoms with van der Waals surface area (Å²) in [6, 6.07) is 13.4. The van der Waals surface area contributed by atoms with Gasteiger partial charge in [-0.15, -0.1) is 10.2 Å². The highest BCUT2D eigenvalue weighted by Crippen LogP contribution is 2.20. The number of carbonyl (C=O) groups excluding carboxylic acids is 1. The van der Waals surface area contributed by atoms with Crippen LogP contribution in [0.25, 0.3) is 0 Å². The van der Waals surface area contributed by atoms with E-state index >= 15 is 0 Å². The number of nitrogens with one attached hydrogen (secondary N) is 1. The third-order valence-corrected chi connectivity index (χ3v) is 4.80. The number of hydrogen-bond acceptors (Lipinski definition) is 5. The fraction of sp³-hybridized carbons (Fsp3) is 0.400. The summed E-state index contributed by atoms with van der Waals surface area (Å²) in [7, 11) is 0. The molecule has 3 rings (SSSR count). The van der Waals surface area contributed by atoms with E-state index in [-0.39, 0.29) is 12.1 Å². The molecule has 0 aliphatic carbocycles. The van der Waals surface area contributed by atoms with Gasteiger partial charge >= 0.3 is 6.03 Å². The zero-order valence-corrected chi connectivity index (χ0v) is 15.9. The van der Waals surface area contributed by atoms with Gasteiger partial charge in [0.25, 0.3) is 0 Å². The molecule has 0 radical (unpaired) electrons. The number of anilines is 2. The molecule has 1 aliphatic rings. The van der Waals surface area contributed by atoms with Gasteiger partial charge in [0.2, 0.25) is 0 Å². The van der Waals surface area contributed by atoms with Crippen molar-refractivity contribution >= 4 is 17.5 Å². The lowest BCUT2D eigenvalue weighted by atomic mass is 10.0. The molecule has 140 valence electrons. The van der Waals surface area contributed by atoms with Crippen LogP contribution in [0.4, 0.5) is 16.3 Å². The summed E-state index contributed by atoms with van der Waals surface area (Å²) < 4.78 is 0. The van der Waals surface area contributed by atoms with E-state index in [2.05, 4.69) is 41.2 Å². The molecule has 1 aliphatic heterocycles. The average molecular weight is 364 g/mol. The van der Waals surface area contributed by atoms with Crippen molar-refractivity contribution in [1.29, 1.82) is 5.26 Å². The van der Waals surface area contributed by atoms with Crippen LogP contribution >= 0.6 is 0 Å². The van der Waals surface area contributed by atoms with Gasteiger partial charge in [-0.05, 0) is 42.7 Å². The molecule has 1 saturated heterocycles. The van der Waals surface area contributed by atoms with Crippen molar-refractivity contribution in [1.82, 2.24) is 15.1 Å². The Bertz CT molecular complexity index is 825. The normalized spacial score (nSPS) is 16.9. The fourth-order valence-corrected chi connectivity index (χ4v) is 3.17. The molecule has 1 atom stereocenters. The minimum absolute atomic E-state index is 0.0929. The Morgan fingerprint density at radius 2 is 1.93 bits per heavy atom. The number of nitrogens with zero attached hydrogens (tertiary/aromatic N) is 5. The van der Waals surface area contributed by atoms with Gasteiger partial charge < -0.3 is 15.1 Å². The Morgan fingerprint density at radius 1 is 1.19 bits per heavy atom. The average Bonchev–Trinajstić information content (AvgIpc) is 2.68. The van der Waals surface area contributed by atoms with E-state index in [0.29, 0.717) is 31.2 Å². The number of amides is 2. The van der Waals surface area contributed by atoms with Gasteiger partial charge in [0, 0.05) is 31.4 Å². The molecule has 7 heteroatoms. The summed E-state index contributed by atoms with van der Waals surface area (Å²) in [6.45, 7) is 8.21. The third kappa shape index (κ3) is 4.34. The second kappa shape index (κ2) is 8.04. The topological polar surface area (TPSA) is 85.2 Å². The van der Waals surface area contributed by atoms with Crippen molar-refractivity contribution in [2.24, 2.45) is 0 Å². The number of aromatic nitrogens is 2. The molecular formula is C20H24N6O. The van der Waals surface area contributed by atoms with Crippen molar-refractivity contribution in [3.05, 3.63) is 47.7 Å². The lowest BCUT2D eigenvalue weighted by molar-refractivity contribution is 0.200. The standard InChI is InChI=1S/C20H24N6O/c1-14(2)16-4-6-17(7-5-16)22-20(27)25-10-11-26(15(3)13-25)19-9-8-18(12-21)23-24-19/h4-9,14-15H,10-11,13H2,1-3H3,(H,22,27)/t15-/m0/s1. The van der Waals surface area contributed by atoms with Crippen molar-refractivity contribution in [3.63, 3.8) is 0 Å². The van der Waals surface area contributed by atoms with Crippen LogP contribution in [0.2, 0.25) is 0 Å². The first kappa shape index (κ1) is 18.6. The van der Waals surface area contributed by atoms with E-state index in [4.69, 9.17) is 5.26 Å². The summed E-state index contributed by atoms with van der Waals surface area (Å²) in [4.78, 5) is 16.5. The third-order valence-electron chi connectivity index (χ3n) is 4.80. The molecule has 1 aromatic heterocycles. The Hall–Kier alpha value is -3.14. The van der Waals surface area contributed by atoms with E-state index in [1.54, 1.807) is 12.1 Å². The van der Waals surface area contributed by atoms with Gasteiger partial charge in [0.15, 0.2) is 11.5 Å². The van der Waals surface area contributed by atoms with E-state index in [9.17, 15) is 4.79 Å². The quantitative estimate of drug-likeness (QED) is 0.904. The molecule has 2 aromatic rings. The number of piperazine rings is 1. The van der Waals surface area contributed by atoms with Crippen LogP contribution < -0.4 is 10.2 Å². The first-order chi connectivity index (χ1) is 13.0. The van der Waals surface area contributed by atoms with Gasteiger partial charge in [-0.25, -0.2) is 4.79 Å². The lowest BCUT2D eigenvalue weighted by Gasteiger charge is -2.40. The van der Waals surface area contributed by atoms with Crippen LogP contribution in [-0.2, 0) is 0 Å². The zero-order valence-electron chi connectivity index (χ0n) is 15.9. The molecule has 7 nitrogen and oxygen atoms in total.